The number of aromatic nitrogens is 1. The first-order chi connectivity index (χ1) is 20.0. The standard InChI is InChI=1S/C32H30FN3O4S/c1-39-22-14-12-20(13-15-22)31-35-28(29(41-31)25-8-2-3-10-26(25)33)32(38)36-17-5-4-7-21(36)19-34-30(37)24-9-6-11-27-23(24)16-18-40-27/h2-3,6,8-15,21H,4-5,7,16-19H2,1H3,(H,34,37)/t21-/m0/s1. The van der Waals surface area contributed by atoms with Crippen LogP contribution in [0, 0.1) is 5.82 Å². The molecule has 2 amide bonds. The third-order valence-corrected chi connectivity index (χ3v) is 8.80. The molecular weight excluding hydrogens is 541 g/mol. The normalized spacial score (nSPS) is 16.1. The molecule has 1 aromatic heterocycles. The third kappa shape index (κ3) is 5.41. The number of piperidine rings is 1. The topological polar surface area (TPSA) is 80.8 Å². The first-order valence-electron chi connectivity index (χ1n) is 13.8. The van der Waals surface area contributed by atoms with Crippen molar-refractivity contribution in [3.8, 4) is 32.5 Å². The van der Waals surface area contributed by atoms with Crippen LogP contribution in [0.4, 0.5) is 4.39 Å². The minimum atomic E-state index is -0.409. The largest absolute Gasteiger partial charge is 0.497 e. The van der Waals surface area contributed by atoms with E-state index in [0.29, 0.717) is 52.9 Å². The van der Waals surface area contributed by atoms with Gasteiger partial charge in [-0.2, -0.15) is 0 Å². The van der Waals surface area contributed by atoms with Gasteiger partial charge in [-0.25, -0.2) is 9.37 Å². The molecule has 0 radical (unpaired) electrons. The highest BCUT2D eigenvalue weighted by Gasteiger charge is 2.32. The molecule has 1 atom stereocenters. The highest BCUT2D eigenvalue weighted by atomic mass is 32.1. The van der Waals surface area contributed by atoms with Crippen molar-refractivity contribution in [1.82, 2.24) is 15.2 Å². The predicted molar refractivity (Wildman–Crippen MR) is 156 cm³/mol. The summed E-state index contributed by atoms with van der Waals surface area (Å²) in [6, 6.07) is 19.2. The Hall–Kier alpha value is -4.24. The third-order valence-electron chi connectivity index (χ3n) is 7.66. The predicted octanol–water partition coefficient (Wildman–Crippen LogP) is 5.98. The molecule has 2 aliphatic heterocycles. The summed E-state index contributed by atoms with van der Waals surface area (Å²) in [7, 11) is 1.60. The maximum Gasteiger partial charge on any atom is 0.274 e. The summed E-state index contributed by atoms with van der Waals surface area (Å²) < 4.78 is 25.9. The molecule has 6 rings (SSSR count). The van der Waals surface area contributed by atoms with Crippen molar-refractivity contribution in [2.24, 2.45) is 0 Å². The van der Waals surface area contributed by atoms with Gasteiger partial charge in [0.15, 0.2) is 0 Å². The van der Waals surface area contributed by atoms with Gasteiger partial charge >= 0.3 is 0 Å². The van der Waals surface area contributed by atoms with Crippen LogP contribution < -0.4 is 14.8 Å². The lowest BCUT2D eigenvalue weighted by atomic mass is 10.00. The Morgan fingerprint density at radius 1 is 1.10 bits per heavy atom. The van der Waals surface area contributed by atoms with Gasteiger partial charge in [0, 0.05) is 47.8 Å². The minimum absolute atomic E-state index is 0.173. The molecule has 41 heavy (non-hydrogen) atoms. The maximum atomic E-state index is 15.0. The van der Waals surface area contributed by atoms with Crippen LogP contribution in [0.2, 0.25) is 0 Å². The highest BCUT2D eigenvalue weighted by molar-refractivity contribution is 7.18. The van der Waals surface area contributed by atoms with E-state index in [1.165, 1.54) is 17.4 Å². The van der Waals surface area contributed by atoms with E-state index in [1.54, 1.807) is 30.2 Å². The molecule has 1 N–H and O–H groups in total. The smallest absolute Gasteiger partial charge is 0.274 e. The molecule has 1 fully saturated rings. The average Bonchev–Trinajstić information content (AvgIpc) is 3.68. The summed E-state index contributed by atoms with van der Waals surface area (Å²) in [5, 5.41) is 3.68. The van der Waals surface area contributed by atoms with E-state index < -0.39 is 5.82 Å². The monoisotopic (exact) mass is 571 g/mol. The van der Waals surface area contributed by atoms with Gasteiger partial charge in [-0.05, 0) is 61.7 Å². The molecule has 0 unspecified atom stereocenters. The van der Waals surface area contributed by atoms with Crippen LogP contribution in [0.25, 0.3) is 21.0 Å². The number of methoxy groups -OCH3 is 1. The quantitative estimate of drug-likeness (QED) is 0.295. The molecule has 2 aliphatic rings. The van der Waals surface area contributed by atoms with E-state index in [9.17, 15) is 14.0 Å². The molecule has 0 spiro atoms. The fourth-order valence-corrected chi connectivity index (χ4v) is 6.60. The number of nitrogens with one attached hydrogen (secondary N) is 1. The van der Waals surface area contributed by atoms with Crippen molar-refractivity contribution >= 4 is 23.2 Å². The van der Waals surface area contributed by atoms with Gasteiger partial charge < -0.3 is 19.7 Å². The van der Waals surface area contributed by atoms with Gasteiger partial charge in [0.1, 0.15) is 28.0 Å². The van der Waals surface area contributed by atoms with Crippen molar-refractivity contribution in [2.75, 3.05) is 26.8 Å². The number of halogens is 1. The number of benzene rings is 3. The van der Waals surface area contributed by atoms with Crippen LogP contribution in [-0.4, -0.2) is 54.5 Å². The molecule has 0 saturated carbocycles. The van der Waals surface area contributed by atoms with E-state index >= 15 is 0 Å². The van der Waals surface area contributed by atoms with Gasteiger partial charge in [0.2, 0.25) is 0 Å². The molecule has 4 aromatic rings. The van der Waals surface area contributed by atoms with Crippen molar-refractivity contribution < 1.29 is 23.5 Å². The lowest BCUT2D eigenvalue weighted by molar-refractivity contribution is 0.0598. The number of nitrogens with zero attached hydrogens (tertiary/aromatic N) is 2. The first-order valence-corrected chi connectivity index (χ1v) is 14.6. The van der Waals surface area contributed by atoms with E-state index in [-0.39, 0.29) is 23.6 Å². The second-order valence-electron chi connectivity index (χ2n) is 10.1. The van der Waals surface area contributed by atoms with E-state index in [0.717, 1.165) is 36.1 Å². The number of thiazole rings is 1. The van der Waals surface area contributed by atoms with Crippen molar-refractivity contribution in [3.05, 3.63) is 89.4 Å². The highest BCUT2D eigenvalue weighted by Crippen LogP contribution is 2.38. The second-order valence-corrected chi connectivity index (χ2v) is 11.1. The Kier molecular flexibility index (Phi) is 7.69. The lowest BCUT2D eigenvalue weighted by Crippen LogP contribution is -2.49. The fourth-order valence-electron chi connectivity index (χ4n) is 5.51. The van der Waals surface area contributed by atoms with Crippen molar-refractivity contribution in [2.45, 2.75) is 31.7 Å². The summed E-state index contributed by atoms with van der Waals surface area (Å²) in [6.07, 6.45) is 3.26. The number of ether oxygens (including phenoxy) is 2. The summed E-state index contributed by atoms with van der Waals surface area (Å²) in [5.41, 5.74) is 2.91. The fraction of sp³-hybridized carbons (Fsp3) is 0.281. The first kappa shape index (κ1) is 27.0. The summed E-state index contributed by atoms with van der Waals surface area (Å²) in [5.74, 6) is 0.624. The molecule has 1 saturated heterocycles. The molecule has 9 heteroatoms. The summed E-state index contributed by atoms with van der Waals surface area (Å²) in [4.78, 5) is 34.3. The van der Waals surface area contributed by atoms with Gasteiger partial charge in [-0.15, -0.1) is 11.3 Å². The molecule has 7 nitrogen and oxygen atoms in total. The average molecular weight is 572 g/mol. The number of amides is 2. The molecule has 210 valence electrons. The molecule has 3 heterocycles. The number of hydrogen-bond donors (Lipinski definition) is 1. The number of carbonyl (C=O) groups is 2. The van der Waals surface area contributed by atoms with Gasteiger partial charge in [0.05, 0.1) is 18.6 Å². The number of rotatable bonds is 7. The van der Waals surface area contributed by atoms with E-state index in [4.69, 9.17) is 14.5 Å². The Bertz CT molecular complexity index is 1590. The Morgan fingerprint density at radius 3 is 2.73 bits per heavy atom. The number of fused-ring (bicyclic) bond motifs is 1. The minimum Gasteiger partial charge on any atom is -0.497 e. The van der Waals surface area contributed by atoms with E-state index in [1.807, 2.05) is 42.5 Å². The molecule has 0 aliphatic carbocycles. The van der Waals surface area contributed by atoms with Crippen LogP contribution in [-0.2, 0) is 6.42 Å². The van der Waals surface area contributed by atoms with Gasteiger partial charge in [0.25, 0.3) is 11.8 Å². The van der Waals surface area contributed by atoms with Crippen molar-refractivity contribution in [1.29, 1.82) is 0 Å². The van der Waals surface area contributed by atoms with Crippen LogP contribution >= 0.6 is 11.3 Å². The maximum absolute atomic E-state index is 15.0. The lowest BCUT2D eigenvalue weighted by Gasteiger charge is -2.35. The number of likely N-dealkylation sites (tertiary alicyclic amines) is 1. The Balaban J connectivity index is 1.28. The summed E-state index contributed by atoms with van der Waals surface area (Å²) in [6.45, 7) is 1.43. The van der Waals surface area contributed by atoms with Crippen LogP contribution in [0.3, 0.4) is 0 Å². The summed E-state index contributed by atoms with van der Waals surface area (Å²) >= 11 is 1.29. The Morgan fingerprint density at radius 2 is 1.93 bits per heavy atom. The molecule has 3 aromatic carbocycles. The SMILES string of the molecule is COc1ccc(-c2nc(C(=O)N3CCCC[C@H]3CNC(=O)c3cccc4c3CCO4)c(-c3ccccc3F)s2)cc1. The van der Waals surface area contributed by atoms with Crippen molar-refractivity contribution in [3.63, 3.8) is 0 Å². The zero-order chi connectivity index (χ0) is 28.3. The van der Waals surface area contributed by atoms with Crippen LogP contribution in [0.5, 0.6) is 11.5 Å². The zero-order valence-corrected chi connectivity index (χ0v) is 23.5. The molecular formula is C32H30FN3O4S. The van der Waals surface area contributed by atoms with Gasteiger partial charge in [-0.3, -0.25) is 9.59 Å². The van der Waals surface area contributed by atoms with Crippen LogP contribution in [0.1, 0.15) is 45.7 Å². The molecule has 0 bridgehead atoms. The zero-order valence-electron chi connectivity index (χ0n) is 22.7. The van der Waals surface area contributed by atoms with Gasteiger partial charge in [-0.1, -0.05) is 24.3 Å². The second kappa shape index (κ2) is 11.7. The van der Waals surface area contributed by atoms with Crippen LogP contribution in [0.15, 0.2) is 66.7 Å². The number of hydrogen-bond acceptors (Lipinski definition) is 6. The Labute approximate surface area is 241 Å². The number of carbonyl (C=O) groups excluding carboxylic acids is 2. The van der Waals surface area contributed by atoms with E-state index in [2.05, 4.69) is 5.32 Å².